The minimum Gasteiger partial charge on any atom is -0.326 e. The van der Waals surface area contributed by atoms with Crippen LogP contribution in [0.4, 0.5) is 0 Å². The number of hydrogen-bond acceptors (Lipinski definition) is 4. The maximum absolute atomic E-state index is 12.3. The van der Waals surface area contributed by atoms with E-state index < -0.39 is 10.0 Å². The number of nitrogens with two attached hydrogens (primary N) is 1. The Hall–Kier alpha value is -0.140. The van der Waals surface area contributed by atoms with Crippen molar-refractivity contribution in [2.75, 3.05) is 13.1 Å². The van der Waals surface area contributed by atoms with Gasteiger partial charge < -0.3 is 5.73 Å². The zero-order chi connectivity index (χ0) is 11.9. The standard InChI is InChI=1S/C10H16N2O2S2.ClH/c1-7-5-10(8(2)15-7)16(13,14)12-4-3-9(11)6-12;/h5,9H,3-4,6,11H2,1-2H3;1H/t9-;/m0./s1. The number of sulfonamides is 1. The number of hydrogen-bond donors (Lipinski definition) is 1. The molecule has 98 valence electrons. The third-order valence-corrected chi connectivity index (χ3v) is 5.89. The van der Waals surface area contributed by atoms with Gasteiger partial charge in [-0.25, -0.2) is 8.42 Å². The van der Waals surface area contributed by atoms with Crippen molar-refractivity contribution in [3.8, 4) is 0 Å². The molecule has 2 heterocycles. The fourth-order valence-corrected chi connectivity index (χ4v) is 5.01. The summed E-state index contributed by atoms with van der Waals surface area (Å²) < 4.78 is 26.1. The van der Waals surface area contributed by atoms with Crippen molar-refractivity contribution in [3.63, 3.8) is 0 Å². The van der Waals surface area contributed by atoms with Crippen molar-refractivity contribution < 1.29 is 8.42 Å². The highest BCUT2D eigenvalue weighted by Gasteiger charge is 2.32. The fraction of sp³-hybridized carbons (Fsp3) is 0.600. The zero-order valence-electron chi connectivity index (χ0n) is 9.84. The Kier molecular flexibility index (Phi) is 4.60. The molecule has 2 rings (SSSR count). The lowest BCUT2D eigenvalue weighted by atomic mass is 10.3. The molecule has 1 aliphatic rings. The monoisotopic (exact) mass is 296 g/mol. The Morgan fingerprint density at radius 2 is 2.12 bits per heavy atom. The second kappa shape index (κ2) is 5.24. The molecule has 2 N–H and O–H groups in total. The summed E-state index contributed by atoms with van der Waals surface area (Å²) in [5.41, 5.74) is 5.74. The van der Waals surface area contributed by atoms with Gasteiger partial charge in [0, 0.05) is 28.9 Å². The zero-order valence-corrected chi connectivity index (χ0v) is 12.3. The van der Waals surface area contributed by atoms with Gasteiger partial charge in [0.15, 0.2) is 0 Å². The lowest BCUT2D eigenvalue weighted by Crippen LogP contribution is -2.32. The third kappa shape index (κ3) is 2.82. The van der Waals surface area contributed by atoms with E-state index in [-0.39, 0.29) is 18.4 Å². The molecule has 0 spiro atoms. The molecule has 7 heteroatoms. The highest BCUT2D eigenvalue weighted by atomic mass is 35.5. The summed E-state index contributed by atoms with van der Waals surface area (Å²) in [6, 6.07) is 1.73. The fourth-order valence-electron chi connectivity index (χ4n) is 1.97. The third-order valence-electron chi connectivity index (χ3n) is 2.80. The Morgan fingerprint density at radius 3 is 2.53 bits per heavy atom. The maximum atomic E-state index is 12.3. The molecule has 0 aliphatic carbocycles. The van der Waals surface area contributed by atoms with Crippen LogP contribution in [0.2, 0.25) is 0 Å². The van der Waals surface area contributed by atoms with E-state index in [4.69, 9.17) is 5.73 Å². The molecule has 0 unspecified atom stereocenters. The van der Waals surface area contributed by atoms with Crippen LogP contribution in [0, 0.1) is 13.8 Å². The minimum atomic E-state index is -3.32. The molecule has 1 aliphatic heterocycles. The highest BCUT2D eigenvalue weighted by molar-refractivity contribution is 7.89. The Morgan fingerprint density at radius 1 is 1.47 bits per heavy atom. The number of nitrogens with zero attached hydrogens (tertiary/aromatic N) is 1. The van der Waals surface area contributed by atoms with Crippen molar-refractivity contribution in [2.45, 2.75) is 31.2 Å². The van der Waals surface area contributed by atoms with Crippen LogP contribution in [-0.2, 0) is 10.0 Å². The van der Waals surface area contributed by atoms with Gasteiger partial charge in [0.05, 0.1) is 4.90 Å². The van der Waals surface area contributed by atoms with E-state index in [9.17, 15) is 8.42 Å². The Labute approximate surface area is 112 Å². The topological polar surface area (TPSA) is 63.4 Å². The summed E-state index contributed by atoms with van der Waals surface area (Å²) >= 11 is 1.52. The average Bonchev–Trinajstić information content (AvgIpc) is 2.73. The first-order valence-electron chi connectivity index (χ1n) is 5.24. The molecule has 17 heavy (non-hydrogen) atoms. The average molecular weight is 297 g/mol. The van der Waals surface area contributed by atoms with E-state index in [0.29, 0.717) is 18.0 Å². The van der Waals surface area contributed by atoms with Crippen molar-refractivity contribution in [1.82, 2.24) is 4.31 Å². The van der Waals surface area contributed by atoms with Gasteiger partial charge in [0.25, 0.3) is 0 Å². The second-order valence-electron chi connectivity index (χ2n) is 4.19. The van der Waals surface area contributed by atoms with Gasteiger partial charge in [-0.3, -0.25) is 0 Å². The molecule has 0 bridgehead atoms. The normalized spacial score (nSPS) is 21.5. The molecular formula is C10H17ClN2O2S2. The summed E-state index contributed by atoms with van der Waals surface area (Å²) in [6.07, 6.45) is 0.751. The van der Waals surface area contributed by atoms with Gasteiger partial charge in [-0.1, -0.05) is 0 Å². The summed E-state index contributed by atoms with van der Waals surface area (Å²) in [5.74, 6) is 0. The molecule has 0 saturated carbocycles. The predicted octanol–water partition coefficient (Wildman–Crippen LogP) is 1.51. The van der Waals surface area contributed by atoms with Crippen molar-refractivity contribution in [1.29, 1.82) is 0 Å². The van der Waals surface area contributed by atoms with Crippen molar-refractivity contribution in [2.24, 2.45) is 5.73 Å². The van der Waals surface area contributed by atoms with E-state index in [1.54, 1.807) is 6.07 Å². The van der Waals surface area contributed by atoms with Crippen LogP contribution < -0.4 is 5.73 Å². The Bertz CT molecular complexity index is 498. The molecule has 0 radical (unpaired) electrons. The van der Waals surface area contributed by atoms with Gasteiger partial charge in [-0.2, -0.15) is 4.31 Å². The molecular weight excluding hydrogens is 280 g/mol. The number of halogens is 1. The van der Waals surface area contributed by atoms with E-state index in [0.717, 1.165) is 16.2 Å². The lowest BCUT2D eigenvalue weighted by Gasteiger charge is -2.15. The van der Waals surface area contributed by atoms with Gasteiger partial charge in [0.1, 0.15) is 0 Å². The van der Waals surface area contributed by atoms with Crippen LogP contribution in [0.1, 0.15) is 16.2 Å². The van der Waals surface area contributed by atoms with Crippen LogP contribution in [0.3, 0.4) is 0 Å². The molecule has 1 aromatic heterocycles. The number of thiophene rings is 1. The van der Waals surface area contributed by atoms with E-state index in [1.807, 2.05) is 13.8 Å². The molecule has 1 atom stereocenters. The summed E-state index contributed by atoms with van der Waals surface area (Å²) in [7, 11) is -3.32. The molecule has 1 saturated heterocycles. The smallest absolute Gasteiger partial charge is 0.244 e. The summed E-state index contributed by atoms with van der Waals surface area (Å²) in [4.78, 5) is 2.33. The first kappa shape index (κ1) is 14.9. The largest absolute Gasteiger partial charge is 0.326 e. The van der Waals surface area contributed by atoms with Crippen LogP contribution >= 0.6 is 23.7 Å². The van der Waals surface area contributed by atoms with Gasteiger partial charge in [-0.15, -0.1) is 23.7 Å². The summed E-state index contributed by atoms with van der Waals surface area (Å²) in [6.45, 7) is 4.75. The van der Waals surface area contributed by atoms with Gasteiger partial charge in [0.2, 0.25) is 10.0 Å². The molecule has 1 aromatic rings. The van der Waals surface area contributed by atoms with E-state index in [2.05, 4.69) is 0 Å². The first-order valence-corrected chi connectivity index (χ1v) is 7.49. The van der Waals surface area contributed by atoms with Crippen LogP contribution in [0.15, 0.2) is 11.0 Å². The van der Waals surface area contributed by atoms with Crippen LogP contribution in [0.5, 0.6) is 0 Å². The van der Waals surface area contributed by atoms with Crippen LogP contribution in [0.25, 0.3) is 0 Å². The second-order valence-corrected chi connectivity index (χ2v) is 7.56. The van der Waals surface area contributed by atoms with Gasteiger partial charge >= 0.3 is 0 Å². The lowest BCUT2D eigenvalue weighted by molar-refractivity contribution is 0.472. The van der Waals surface area contributed by atoms with E-state index >= 15 is 0 Å². The summed E-state index contributed by atoms with van der Waals surface area (Å²) in [5, 5.41) is 0. The highest BCUT2D eigenvalue weighted by Crippen LogP contribution is 2.29. The Balaban J connectivity index is 0.00000144. The van der Waals surface area contributed by atoms with Crippen LogP contribution in [-0.4, -0.2) is 31.9 Å². The quantitative estimate of drug-likeness (QED) is 0.900. The van der Waals surface area contributed by atoms with Gasteiger partial charge in [-0.05, 0) is 26.3 Å². The first-order chi connectivity index (χ1) is 7.41. The molecule has 4 nitrogen and oxygen atoms in total. The SMILES string of the molecule is Cc1cc(S(=O)(=O)N2CC[C@H](N)C2)c(C)s1.Cl. The minimum absolute atomic E-state index is 0. The molecule has 1 fully saturated rings. The van der Waals surface area contributed by atoms with Crippen molar-refractivity contribution in [3.05, 3.63) is 15.8 Å². The predicted molar refractivity (Wildman–Crippen MR) is 72.4 cm³/mol. The number of rotatable bonds is 2. The number of aryl methyl sites for hydroxylation is 2. The van der Waals surface area contributed by atoms with E-state index in [1.165, 1.54) is 15.6 Å². The molecule has 0 amide bonds. The van der Waals surface area contributed by atoms with Crippen molar-refractivity contribution >= 4 is 33.8 Å². The molecule has 0 aromatic carbocycles. The maximum Gasteiger partial charge on any atom is 0.244 e.